The Balaban J connectivity index is 2.49. The molecule has 0 aromatic heterocycles. The highest BCUT2D eigenvalue weighted by Crippen LogP contribution is 2.30. The number of hydrogen-bond donors (Lipinski definition) is 2. The van der Waals surface area contributed by atoms with Gasteiger partial charge in [0.25, 0.3) is 0 Å². The topological polar surface area (TPSA) is 41.5 Å². The first-order valence-electron chi connectivity index (χ1n) is 7.41. The summed E-state index contributed by atoms with van der Waals surface area (Å²) >= 11 is 0. The van der Waals surface area contributed by atoms with Crippen molar-refractivity contribution in [3.8, 4) is 5.75 Å². The molecule has 1 aromatic carbocycles. The van der Waals surface area contributed by atoms with Crippen molar-refractivity contribution in [2.45, 2.75) is 46.1 Å². The standard InChI is InChI=1S/C17H29NO2/c1-13(2)10-18-11-14(19)12-20-16-9-7-6-8-15(16)17(3,4)5/h6-9,13-14,18-19H,10-12H2,1-5H3. The van der Waals surface area contributed by atoms with Crippen LogP contribution >= 0.6 is 0 Å². The first-order chi connectivity index (χ1) is 9.30. The van der Waals surface area contributed by atoms with E-state index in [-0.39, 0.29) is 5.41 Å². The SMILES string of the molecule is CC(C)CNCC(O)COc1ccccc1C(C)(C)C. The summed E-state index contributed by atoms with van der Waals surface area (Å²) in [6.07, 6.45) is -0.484. The number of para-hydroxylation sites is 1. The van der Waals surface area contributed by atoms with Crippen LogP contribution in [0, 0.1) is 5.92 Å². The summed E-state index contributed by atoms with van der Waals surface area (Å²) in [7, 11) is 0. The highest BCUT2D eigenvalue weighted by atomic mass is 16.5. The van der Waals surface area contributed by atoms with Gasteiger partial charge < -0.3 is 15.2 Å². The second-order valence-electron chi connectivity index (χ2n) is 6.76. The third-order valence-corrected chi connectivity index (χ3v) is 3.06. The molecule has 0 aliphatic carbocycles. The van der Waals surface area contributed by atoms with Gasteiger partial charge in [-0.2, -0.15) is 0 Å². The summed E-state index contributed by atoms with van der Waals surface area (Å²) in [5.41, 5.74) is 1.21. The highest BCUT2D eigenvalue weighted by Gasteiger charge is 2.18. The molecule has 0 aliphatic rings. The van der Waals surface area contributed by atoms with E-state index < -0.39 is 6.10 Å². The van der Waals surface area contributed by atoms with E-state index in [1.165, 1.54) is 5.56 Å². The molecule has 1 rings (SSSR count). The number of rotatable bonds is 7. The van der Waals surface area contributed by atoms with Gasteiger partial charge >= 0.3 is 0 Å². The van der Waals surface area contributed by atoms with Gasteiger partial charge in [-0.25, -0.2) is 0 Å². The van der Waals surface area contributed by atoms with E-state index >= 15 is 0 Å². The van der Waals surface area contributed by atoms with E-state index in [1.54, 1.807) is 0 Å². The highest BCUT2D eigenvalue weighted by molar-refractivity contribution is 5.38. The van der Waals surface area contributed by atoms with Gasteiger partial charge in [-0.3, -0.25) is 0 Å². The Morgan fingerprint density at radius 1 is 1.15 bits per heavy atom. The van der Waals surface area contributed by atoms with Crippen LogP contribution in [0.5, 0.6) is 5.75 Å². The Labute approximate surface area is 123 Å². The number of aliphatic hydroxyl groups is 1. The van der Waals surface area contributed by atoms with Crippen molar-refractivity contribution in [2.24, 2.45) is 5.92 Å². The van der Waals surface area contributed by atoms with Crippen LogP contribution < -0.4 is 10.1 Å². The zero-order chi connectivity index (χ0) is 15.2. The third-order valence-electron chi connectivity index (χ3n) is 3.06. The van der Waals surface area contributed by atoms with Gasteiger partial charge in [-0.15, -0.1) is 0 Å². The molecule has 20 heavy (non-hydrogen) atoms. The summed E-state index contributed by atoms with van der Waals surface area (Å²) in [4.78, 5) is 0. The van der Waals surface area contributed by atoms with Crippen molar-refractivity contribution in [3.63, 3.8) is 0 Å². The normalized spacial score (nSPS) is 13.6. The van der Waals surface area contributed by atoms with Crippen LogP contribution in [0.4, 0.5) is 0 Å². The van der Waals surface area contributed by atoms with Crippen LogP contribution in [0.3, 0.4) is 0 Å². The summed E-state index contributed by atoms with van der Waals surface area (Å²) in [6.45, 7) is 12.6. The fourth-order valence-corrected chi connectivity index (χ4v) is 2.00. The quantitative estimate of drug-likeness (QED) is 0.806. The van der Waals surface area contributed by atoms with E-state index in [4.69, 9.17) is 4.74 Å². The molecule has 0 fully saturated rings. The summed E-state index contributed by atoms with van der Waals surface area (Å²) < 4.78 is 5.79. The monoisotopic (exact) mass is 279 g/mol. The third kappa shape index (κ3) is 5.93. The van der Waals surface area contributed by atoms with Crippen LogP contribution in [-0.4, -0.2) is 30.9 Å². The maximum absolute atomic E-state index is 9.93. The van der Waals surface area contributed by atoms with Gasteiger partial charge in [-0.1, -0.05) is 52.8 Å². The number of ether oxygens (including phenoxy) is 1. The molecular weight excluding hydrogens is 250 g/mol. The van der Waals surface area contributed by atoms with Gasteiger partial charge in [0, 0.05) is 6.54 Å². The minimum absolute atomic E-state index is 0.0391. The van der Waals surface area contributed by atoms with E-state index in [0.29, 0.717) is 19.1 Å². The average molecular weight is 279 g/mol. The molecular formula is C17H29NO2. The molecule has 1 unspecified atom stereocenters. The van der Waals surface area contributed by atoms with Crippen LogP contribution in [0.15, 0.2) is 24.3 Å². The van der Waals surface area contributed by atoms with Crippen LogP contribution in [-0.2, 0) is 5.41 Å². The molecule has 0 radical (unpaired) electrons. The van der Waals surface area contributed by atoms with Gasteiger partial charge in [0.15, 0.2) is 0 Å². The minimum Gasteiger partial charge on any atom is -0.491 e. The number of benzene rings is 1. The molecule has 0 heterocycles. The summed E-state index contributed by atoms with van der Waals surface area (Å²) in [5, 5.41) is 13.2. The molecule has 0 bridgehead atoms. The van der Waals surface area contributed by atoms with Crippen molar-refractivity contribution in [3.05, 3.63) is 29.8 Å². The zero-order valence-electron chi connectivity index (χ0n) is 13.4. The lowest BCUT2D eigenvalue weighted by atomic mass is 9.86. The fourth-order valence-electron chi connectivity index (χ4n) is 2.00. The average Bonchev–Trinajstić information content (AvgIpc) is 2.35. The maximum Gasteiger partial charge on any atom is 0.123 e. The Kier molecular flexibility index (Phi) is 6.50. The second-order valence-corrected chi connectivity index (χ2v) is 6.76. The molecule has 2 N–H and O–H groups in total. The van der Waals surface area contributed by atoms with Crippen molar-refractivity contribution >= 4 is 0 Å². The van der Waals surface area contributed by atoms with Crippen LogP contribution in [0.1, 0.15) is 40.2 Å². The fraction of sp³-hybridized carbons (Fsp3) is 0.647. The first-order valence-corrected chi connectivity index (χ1v) is 7.41. The molecule has 0 aliphatic heterocycles. The summed E-state index contributed by atoms with van der Waals surface area (Å²) in [6, 6.07) is 8.04. The minimum atomic E-state index is -0.484. The lowest BCUT2D eigenvalue weighted by molar-refractivity contribution is 0.105. The molecule has 1 aromatic rings. The molecule has 0 saturated heterocycles. The van der Waals surface area contributed by atoms with Crippen LogP contribution in [0.25, 0.3) is 0 Å². The number of nitrogens with one attached hydrogen (secondary N) is 1. The molecule has 1 atom stereocenters. The zero-order valence-corrected chi connectivity index (χ0v) is 13.4. The molecule has 0 saturated carbocycles. The van der Waals surface area contributed by atoms with Gasteiger partial charge in [0.2, 0.25) is 0 Å². The molecule has 0 spiro atoms. The Bertz CT molecular complexity index is 396. The summed E-state index contributed by atoms with van der Waals surface area (Å²) in [5.74, 6) is 1.45. The van der Waals surface area contributed by atoms with E-state index in [9.17, 15) is 5.11 Å². The first kappa shape index (κ1) is 17.0. The number of hydrogen-bond acceptors (Lipinski definition) is 3. The largest absolute Gasteiger partial charge is 0.491 e. The smallest absolute Gasteiger partial charge is 0.123 e. The van der Waals surface area contributed by atoms with Gasteiger partial charge in [0.05, 0.1) is 0 Å². The molecule has 3 nitrogen and oxygen atoms in total. The Hall–Kier alpha value is -1.06. The van der Waals surface area contributed by atoms with E-state index in [0.717, 1.165) is 12.3 Å². The number of aliphatic hydroxyl groups excluding tert-OH is 1. The van der Waals surface area contributed by atoms with E-state index in [1.807, 2.05) is 18.2 Å². The second kappa shape index (κ2) is 7.65. The Morgan fingerprint density at radius 3 is 2.40 bits per heavy atom. The van der Waals surface area contributed by atoms with Crippen molar-refractivity contribution < 1.29 is 9.84 Å². The molecule has 114 valence electrons. The predicted molar refractivity (Wildman–Crippen MR) is 84.4 cm³/mol. The van der Waals surface area contributed by atoms with Crippen molar-refractivity contribution in [2.75, 3.05) is 19.7 Å². The van der Waals surface area contributed by atoms with Crippen molar-refractivity contribution in [1.82, 2.24) is 5.32 Å². The van der Waals surface area contributed by atoms with E-state index in [2.05, 4.69) is 46.0 Å². The van der Waals surface area contributed by atoms with Crippen LogP contribution in [0.2, 0.25) is 0 Å². The predicted octanol–water partition coefficient (Wildman–Crippen LogP) is 2.97. The van der Waals surface area contributed by atoms with Crippen molar-refractivity contribution in [1.29, 1.82) is 0 Å². The lowest BCUT2D eigenvalue weighted by Gasteiger charge is -2.23. The van der Waals surface area contributed by atoms with Gasteiger partial charge in [0.1, 0.15) is 18.5 Å². The maximum atomic E-state index is 9.93. The van der Waals surface area contributed by atoms with Gasteiger partial charge in [-0.05, 0) is 29.5 Å². The molecule has 0 amide bonds. The Morgan fingerprint density at radius 2 is 1.80 bits per heavy atom. The lowest BCUT2D eigenvalue weighted by Crippen LogP contribution is -2.33. The molecule has 3 heteroatoms.